The largest absolute Gasteiger partial charge is 0.352 e. The minimum Gasteiger partial charge on any atom is -0.352 e. The SMILES string of the molecule is Cc1nc(C2CCNCC2)cc(N2CCc3sccc3C2)n1. The quantitative estimate of drug-likeness (QED) is 0.925. The molecule has 0 spiro atoms. The van der Waals surface area contributed by atoms with E-state index in [9.17, 15) is 0 Å². The van der Waals surface area contributed by atoms with Crippen molar-refractivity contribution in [1.29, 1.82) is 0 Å². The van der Waals surface area contributed by atoms with Crippen LogP contribution in [0.15, 0.2) is 17.5 Å². The van der Waals surface area contributed by atoms with E-state index in [1.54, 1.807) is 4.88 Å². The highest BCUT2D eigenvalue weighted by molar-refractivity contribution is 7.10. The smallest absolute Gasteiger partial charge is 0.132 e. The molecule has 1 fully saturated rings. The van der Waals surface area contributed by atoms with Crippen molar-refractivity contribution in [1.82, 2.24) is 15.3 Å². The van der Waals surface area contributed by atoms with Crippen LogP contribution in [-0.4, -0.2) is 29.6 Å². The van der Waals surface area contributed by atoms with Gasteiger partial charge in [-0.3, -0.25) is 0 Å². The van der Waals surface area contributed by atoms with Crippen molar-refractivity contribution in [2.75, 3.05) is 24.5 Å². The van der Waals surface area contributed by atoms with Crippen molar-refractivity contribution in [2.24, 2.45) is 0 Å². The molecule has 2 aromatic heterocycles. The average Bonchev–Trinajstić information content (AvgIpc) is 3.02. The van der Waals surface area contributed by atoms with Gasteiger partial charge in [-0.1, -0.05) is 0 Å². The van der Waals surface area contributed by atoms with Crippen molar-refractivity contribution in [3.8, 4) is 0 Å². The third kappa shape index (κ3) is 2.75. The Morgan fingerprint density at radius 1 is 1.27 bits per heavy atom. The summed E-state index contributed by atoms with van der Waals surface area (Å²) in [5.74, 6) is 2.60. The zero-order valence-electron chi connectivity index (χ0n) is 13.0. The molecule has 1 saturated heterocycles. The summed E-state index contributed by atoms with van der Waals surface area (Å²) in [7, 11) is 0. The molecule has 0 saturated carbocycles. The van der Waals surface area contributed by atoms with E-state index >= 15 is 0 Å². The monoisotopic (exact) mass is 314 g/mol. The number of hydrogen-bond acceptors (Lipinski definition) is 5. The lowest BCUT2D eigenvalue weighted by molar-refractivity contribution is 0.452. The second-order valence-corrected chi connectivity index (χ2v) is 7.26. The van der Waals surface area contributed by atoms with Gasteiger partial charge in [0.25, 0.3) is 0 Å². The van der Waals surface area contributed by atoms with Crippen molar-refractivity contribution >= 4 is 17.2 Å². The third-order valence-electron chi connectivity index (χ3n) is 4.73. The van der Waals surface area contributed by atoms with Gasteiger partial charge in [-0.2, -0.15) is 0 Å². The second-order valence-electron chi connectivity index (χ2n) is 6.26. The highest BCUT2D eigenvalue weighted by atomic mass is 32.1. The summed E-state index contributed by atoms with van der Waals surface area (Å²) in [5.41, 5.74) is 2.70. The van der Waals surface area contributed by atoms with Gasteiger partial charge < -0.3 is 10.2 Å². The molecule has 1 N–H and O–H groups in total. The number of aromatic nitrogens is 2. The van der Waals surface area contributed by atoms with Crippen molar-refractivity contribution in [3.63, 3.8) is 0 Å². The maximum Gasteiger partial charge on any atom is 0.132 e. The number of piperidine rings is 1. The van der Waals surface area contributed by atoms with E-state index in [1.165, 1.54) is 24.1 Å². The lowest BCUT2D eigenvalue weighted by atomic mass is 9.94. The molecule has 0 radical (unpaired) electrons. The van der Waals surface area contributed by atoms with Crippen molar-refractivity contribution < 1.29 is 0 Å². The van der Waals surface area contributed by atoms with Crippen LogP contribution in [0.25, 0.3) is 0 Å². The average molecular weight is 314 g/mol. The van der Waals surface area contributed by atoms with E-state index in [1.807, 2.05) is 18.3 Å². The Morgan fingerprint density at radius 3 is 3.00 bits per heavy atom. The Kier molecular flexibility index (Phi) is 3.84. The van der Waals surface area contributed by atoms with Crippen LogP contribution in [0.4, 0.5) is 5.82 Å². The first-order valence-corrected chi connectivity index (χ1v) is 9.04. The van der Waals surface area contributed by atoms with E-state index < -0.39 is 0 Å². The maximum atomic E-state index is 4.72. The van der Waals surface area contributed by atoms with Gasteiger partial charge in [0.05, 0.1) is 0 Å². The lowest BCUT2D eigenvalue weighted by Gasteiger charge is -2.29. The molecule has 4 nitrogen and oxygen atoms in total. The zero-order chi connectivity index (χ0) is 14.9. The highest BCUT2D eigenvalue weighted by Crippen LogP contribution is 2.30. The van der Waals surface area contributed by atoms with Gasteiger partial charge in [0.2, 0.25) is 0 Å². The minimum atomic E-state index is 0.586. The fourth-order valence-electron chi connectivity index (χ4n) is 3.51. The number of nitrogens with zero attached hydrogens (tertiary/aromatic N) is 3. The molecule has 2 aliphatic heterocycles. The Hall–Kier alpha value is -1.46. The molecule has 22 heavy (non-hydrogen) atoms. The number of fused-ring (bicyclic) bond motifs is 1. The Bertz CT molecular complexity index is 660. The van der Waals surface area contributed by atoms with E-state index in [-0.39, 0.29) is 0 Å². The fourth-order valence-corrected chi connectivity index (χ4v) is 4.40. The molecule has 0 atom stereocenters. The van der Waals surface area contributed by atoms with Crippen LogP contribution < -0.4 is 10.2 Å². The maximum absolute atomic E-state index is 4.72. The Labute approximate surface area is 135 Å². The number of nitrogens with one attached hydrogen (secondary N) is 1. The van der Waals surface area contributed by atoms with Gasteiger partial charge in [0.15, 0.2) is 0 Å². The van der Waals surface area contributed by atoms with E-state index in [2.05, 4.69) is 27.7 Å². The van der Waals surface area contributed by atoms with E-state index in [0.29, 0.717) is 5.92 Å². The summed E-state index contributed by atoms with van der Waals surface area (Å²) in [6.07, 6.45) is 3.51. The van der Waals surface area contributed by atoms with Crippen LogP contribution in [0.3, 0.4) is 0 Å². The number of anilines is 1. The van der Waals surface area contributed by atoms with Gasteiger partial charge in [-0.15, -0.1) is 11.3 Å². The molecule has 5 heteroatoms. The van der Waals surface area contributed by atoms with Gasteiger partial charge in [-0.05, 0) is 56.3 Å². The predicted octanol–water partition coefficient (Wildman–Crippen LogP) is 2.88. The molecular formula is C17H22N4S. The summed E-state index contributed by atoms with van der Waals surface area (Å²) in [6, 6.07) is 4.49. The van der Waals surface area contributed by atoms with Gasteiger partial charge in [0, 0.05) is 35.6 Å². The third-order valence-corrected chi connectivity index (χ3v) is 5.76. The van der Waals surface area contributed by atoms with Crippen molar-refractivity contribution in [3.05, 3.63) is 39.5 Å². The number of hydrogen-bond donors (Lipinski definition) is 1. The van der Waals surface area contributed by atoms with Crippen molar-refractivity contribution in [2.45, 2.75) is 38.6 Å². The van der Waals surface area contributed by atoms with Gasteiger partial charge in [0.1, 0.15) is 11.6 Å². The minimum absolute atomic E-state index is 0.586. The molecule has 2 aliphatic rings. The fraction of sp³-hybridized carbons (Fsp3) is 0.529. The first-order chi connectivity index (χ1) is 10.8. The Morgan fingerprint density at radius 2 is 2.14 bits per heavy atom. The summed E-state index contributed by atoms with van der Waals surface area (Å²) in [6.45, 7) is 6.28. The van der Waals surface area contributed by atoms with Crippen LogP contribution >= 0.6 is 11.3 Å². The van der Waals surface area contributed by atoms with Crippen LogP contribution in [0.5, 0.6) is 0 Å². The zero-order valence-corrected chi connectivity index (χ0v) is 13.8. The highest BCUT2D eigenvalue weighted by Gasteiger charge is 2.22. The summed E-state index contributed by atoms with van der Waals surface area (Å²) in [5, 5.41) is 5.64. The standard InChI is InChI=1S/C17H22N4S/c1-12-19-15(13-2-6-18-7-3-13)10-17(20-12)21-8-4-16-14(11-21)5-9-22-16/h5,9-10,13,18H,2-4,6-8,11H2,1H3. The molecule has 0 bridgehead atoms. The molecule has 4 rings (SSSR count). The molecule has 2 aromatic rings. The molecule has 116 valence electrons. The number of aryl methyl sites for hydroxylation is 1. The Balaban J connectivity index is 1.60. The van der Waals surface area contributed by atoms with Gasteiger partial charge in [-0.25, -0.2) is 9.97 Å². The first kappa shape index (κ1) is 14.2. The van der Waals surface area contributed by atoms with Crippen LogP contribution in [0.2, 0.25) is 0 Å². The van der Waals surface area contributed by atoms with Crippen LogP contribution in [0, 0.1) is 6.92 Å². The molecule has 0 aliphatic carbocycles. The summed E-state index contributed by atoms with van der Waals surface area (Å²) in [4.78, 5) is 13.4. The second kappa shape index (κ2) is 5.97. The van der Waals surface area contributed by atoms with E-state index in [0.717, 1.165) is 44.2 Å². The predicted molar refractivity (Wildman–Crippen MR) is 90.7 cm³/mol. The molecule has 4 heterocycles. The number of thiophene rings is 1. The topological polar surface area (TPSA) is 41.1 Å². The van der Waals surface area contributed by atoms with E-state index in [4.69, 9.17) is 9.97 Å². The summed E-state index contributed by atoms with van der Waals surface area (Å²) < 4.78 is 0. The summed E-state index contributed by atoms with van der Waals surface area (Å²) >= 11 is 1.89. The lowest BCUT2D eigenvalue weighted by Crippen LogP contribution is -2.31. The molecule has 0 amide bonds. The molecule has 0 unspecified atom stereocenters. The number of rotatable bonds is 2. The van der Waals surface area contributed by atoms with Crippen LogP contribution in [-0.2, 0) is 13.0 Å². The normalized spacial score (nSPS) is 19.2. The molecule has 0 aromatic carbocycles. The first-order valence-electron chi connectivity index (χ1n) is 8.16. The molecular weight excluding hydrogens is 292 g/mol. The van der Waals surface area contributed by atoms with Crippen LogP contribution in [0.1, 0.15) is 40.7 Å². The van der Waals surface area contributed by atoms with Gasteiger partial charge >= 0.3 is 0 Å².